The second kappa shape index (κ2) is 10.3. The molecule has 1 aromatic carbocycles. The largest absolute Gasteiger partial charge is 0.573 e. The minimum Gasteiger partial charge on any atom is -0.404 e. The molecule has 6 nitrogen and oxygen atoms in total. The predicted molar refractivity (Wildman–Crippen MR) is 105 cm³/mol. The SMILES string of the molecule is CC(C)C(=O)NCCc1ncccc1C(=O)NCc1ccc(OC(F)(F)F)c(Cl)c1. The topological polar surface area (TPSA) is 80.3 Å². The van der Waals surface area contributed by atoms with Gasteiger partial charge in [0.1, 0.15) is 5.75 Å². The van der Waals surface area contributed by atoms with E-state index in [0.29, 0.717) is 29.8 Å². The maximum absolute atomic E-state index is 12.5. The molecule has 0 spiro atoms. The van der Waals surface area contributed by atoms with Gasteiger partial charge in [-0.2, -0.15) is 0 Å². The van der Waals surface area contributed by atoms with Crippen molar-refractivity contribution in [2.24, 2.45) is 5.92 Å². The van der Waals surface area contributed by atoms with Gasteiger partial charge in [0, 0.05) is 31.6 Å². The standard InChI is InChI=1S/C20H21ClF3N3O3/c1-12(2)18(28)26-9-7-16-14(4-3-8-25-16)19(29)27-11-13-5-6-17(15(21)10-13)30-20(22,23)24/h3-6,8,10,12H,7,9,11H2,1-2H3,(H,26,28)(H,27,29). The fourth-order valence-corrected chi connectivity index (χ4v) is 2.73. The van der Waals surface area contributed by atoms with E-state index in [-0.39, 0.29) is 23.4 Å². The van der Waals surface area contributed by atoms with E-state index in [2.05, 4.69) is 20.4 Å². The molecular weight excluding hydrogens is 423 g/mol. The van der Waals surface area contributed by atoms with Crippen molar-refractivity contribution in [3.8, 4) is 5.75 Å². The third-order valence-electron chi connectivity index (χ3n) is 4.00. The van der Waals surface area contributed by atoms with Gasteiger partial charge >= 0.3 is 6.36 Å². The quantitative estimate of drug-likeness (QED) is 0.649. The molecule has 162 valence electrons. The van der Waals surface area contributed by atoms with Crippen molar-refractivity contribution < 1.29 is 27.5 Å². The first-order valence-corrected chi connectivity index (χ1v) is 9.48. The van der Waals surface area contributed by atoms with Gasteiger partial charge in [-0.05, 0) is 29.8 Å². The number of amides is 2. The molecule has 0 saturated carbocycles. The van der Waals surface area contributed by atoms with E-state index < -0.39 is 18.0 Å². The van der Waals surface area contributed by atoms with E-state index in [1.807, 2.05) is 0 Å². The second-order valence-corrected chi connectivity index (χ2v) is 7.10. The van der Waals surface area contributed by atoms with Crippen LogP contribution in [0, 0.1) is 5.92 Å². The number of benzene rings is 1. The molecule has 0 saturated heterocycles. The summed E-state index contributed by atoms with van der Waals surface area (Å²) in [6, 6.07) is 6.97. The van der Waals surface area contributed by atoms with Gasteiger partial charge < -0.3 is 15.4 Å². The van der Waals surface area contributed by atoms with E-state index in [0.717, 1.165) is 6.07 Å². The molecular formula is C20H21ClF3N3O3. The lowest BCUT2D eigenvalue weighted by Crippen LogP contribution is -2.30. The number of halogens is 4. The van der Waals surface area contributed by atoms with Gasteiger partial charge in [-0.3, -0.25) is 14.6 Å². The Balaban J connectivity index is 1.98. The number of pyridine rings is 1. The van der Waals surface area contributed by atoms with Crippen LogP contribution in [0.5, 0.6) is 5.75 Å². The maximum atomic E-state index is 12.5. The van der Waals surface area contributed by atoms with Crippen molar-refractivity contribution in [1.29, 1.82) is 0 Å². The van der Waals surface area contributed by atoms with Gasteiger partial charge in [0.25, 0.3) is 5.91 Å². The van der Waals surface area contributed by atoms with Crippen molar-refractivity contribution in [2.75, 3.05) is 6.54 Å². The Kier molecular flexibility index (Phi) is 8.05. The molecule has 1 aromatic heterocycles. The van der Waals surface area contributed by atoms with Gasteiger partial charge in [-0.1, -0.05) is 31.5 Å². The van der Waals surface area contributed by atoms with Crippen molar-refractivity contribution >= 4 is 23.4 Å². The molecule has 0 aliphatic heterocycles. The molecule has 0 atom stereocenters. The Morgan fingerprint density at radius 1 is 1.20 bits per heavy atom. The summed E-state index contributed by atoms with van der Waals surface area (Å²) in [7, 11) is 0. The highest BCUT2D eigenvalue weighted by molar-refractivity contribution is 6.32. The number of alkyl halides is 3. The highest BCUT2D eigenvalue weighted by atomic mass is 35.5. The van der Waals surface area contributed by atoms with E-state index in [4.69, 9.17) is 11.6 Å². The number of aromatic nitrogens is 1. The van der Waals surface area contributed by atoms with Gasteiger partial charge in [0.2, 0.25) is 5.91 Å². The monoisotopic (exact) mass is 443 g/mol. The average molecular weight is 444 g/mol. The van der Waals surface area contributed by atoms with Gasteiger partial charge in [-0.25, -0.2) is 0 Å². The van der Waals surface area contributed by atoms with Crippen molar-refractivity contribution in [2.45, 2.75) is 33.2 Å². The summed E-state index contributed by atoms with van der Waals surface area (Å²) in [5.41, 5.74) is 1.36. The predicted octanol–water partition coefficient (Wildman–Crippen LogP) is 3.88. The summed E-state index contributed by atoms with van der Waals surface area (Å²) in [5, 5.41) is 5.22. The molecule has 0 aliphatic rings. The molecule has 0 fully saturated rings. The number of carbonyl (C=O) groups excluding carboxylic acids is 2. The molecule has 0 unspecified atom stereocenters. The molecule has 0 bridgehead atoms. The Morgan fingerprint density at radius 2 is 1.93 bits per heavy atom. The van der Waals surface area contributed by atoms with Crippen LogP contribution in [0.2, 0.25) is 5.02 Å². The van der Waals surface area contributed by atoms with Gasteiger partial charge in [0.15, 0.2) is 0 Å². The number of hydrogen-bond donors (Lipinski definition) is 2. The van der Waals surface area contributed by atoms with Crippen LogP contribution in [0.4, 0.5) is 13.2 Å². The molecule has 2 N–H and O–H groups in total. The number of rotatable bonds is 8. The Labute approximate surface area is 176 Å². The lowest BCUT2D eigenvalue weighted by Gasteiger charge is -2.13. The maximum Gasteiger partial charge on any atom is 0.573 e. The van der Waals surface area contributed by atoms with E-state index in [1.165, 1.54) is 12.1 Å². The first-order valence-electron chi connectivity index (χ1n) is 9.11. The zero-order valence-corrected chi connectivity index (χ0v) is 17.1. The Bertz CT molecular complexity index is 904. The lowest BCUT2D eigenvalue weighted by atomic mass is 10.1. The van der Waals surface area contributed by atoms with Crippen LogP contribution in [0.1, 0.15) is 35.5 Å². The molecule has 10 heteroatoms. The third kappa shape index (κ3) is 7.22. The summed E-state index contributed by atoms with van der Waals surface area (Å²) >= 11 is 5.82. The first-order chi connectivity index (χ1) is 14.1. The van der Waals surface area contributed by atoms with Crippen LogP contribution < -0.4 is 15.4 Å². The average Bonchev–Trinajstić information content (AvgIpc) is 2.67. The Hall–Kier alpha value is -2.81. The van der Waals surface area contributed by atoms with Crippen LogP contribution in [-0.4, -0.2) is 29.7 Å². The van der Waals surface area contributed by atoms with Crippen LogP contribution in [-0.2, 0) is 17.8 Å². The fraction of sp³-hybridized carbons (Fsp3) is 0.350. The van der Waals surface area contributed by atoms with Crippen LogP contribution in [0.3, 0.4) is 0 Å². The van der Waals surface area contributed by atoms with Crippen LogP contribution >= 0.6 is 11.6 Å². The normalized spacial score (nSPS) is 11.3. The number of nitrogens with one attached hydrogen (secondary N) is 2. The molecule has 0 aliphatic carbocycles. The highest BCUT2D eigenvalue weighted by Gasteiger charge is 2.32. The van der Waals surface area contributed by atoms with Crippen LogP contribution in [0.15, 0.2) is 36.5 Å². The highest BCUT2D eigenvalue weighted by Crippen LogP contribution is 2.30. The van der Waals surface area contributed by atoms with Crippen molar-refractivity contribution in [3.05, 3.63) is 58.4 Å². The lowest BCUT2D eigenvalue weighted by molar-refractivity contribution is -0.274. The zero-order chi connectivity index (χ0) is 22.3. The van der Waals surface area contributed by atoms with Crippen molar-refractivity contribution in [1.82, 2.24) is 15.6 Å². The summed E-state index contributed by atoms with van der Waals surface area (Å²) in [6.07, 6.45) is -2.92. The number of hydrogen-bond acceptors (Lipinski definition) is 4. The minimum absolute atomic E-state index is 0.0449. The number of ether oxygens (including phenoxy) is 1. The number of nitrogens with zero attached hydrogens (tertiary/aromatic N) is 1. The molecule has 30 heavy (non-hydrogen) atoms. The molecule has 2 amide bonds. The summed E-state index contributed by atoms with van der Waals surface area (Å²) in [6.45, 7) is 3.94. The molecule has 1 heterocycles. The van der Waals surface area contributed by atoms with Gasteiger partial charge in [0.05, 0.1) is 16.3 Å². The first kappa shape index (κ1) is 23.5. The summed E-state index contributed by atoms with van der Waals surface area (Å²) in [5.74, 6) is -1.15. The van der Waals surface area contributed by atoms with E-state index >= 15 is 0 Å². The second-order valence-electron chi connectivity index (χ2n) is 6.69. The van der Waals surface area contributed by atoms with E-state index in [1.54, 1.807) is 32.2 Å². The fourth-order valence-electron chi connectivity index (χ4n) is 2.49. The summed E-state index contributed by atoms with van der Waals surface area (Å²) in [4.78, 5) is 28.4. The number of carbonyl (C=O) groups is 2. The molecule has 2 aromatic rings. The van der Waals surface area contributed by atoms with Crippen LogP contribution in [0.25, 0.3) is 0 Å². The molecule has 2 rings (SSSR count). The van der Waals surface area contributed by atoms with Crippen molar-refractivity contribution in [3.63, 3.8) is 0 Å². The minimum atomic E-state index is -4.84. The Morgan fingerprint density at radius 3 is 2.57 bits per heavy atom. The van der Waals surface area contributed by atoms with E-state index in [9.17, 15) is 22.8 Å². The summed E-state index contributed by atoms with van der Waals surface area (Å²) < 4.78 is 40.7. The molecule has 0 radical (unpaired) electrons. The third-order valence-corrected chi connectivity index (χ3v) is 4.29. The van der Waals surface area contributed by atoms with Gasteiger partial charge in [-0.15, -0.1) is 13.2 Å². The zero-order valence-electron chi connectivity index (χ0n) is 16.3. The smallest absolute Gasteiger partial charge is 0.404 e.